The molecule has 5 aromatic rings. The molecule has 4 saturated carbocycles. The van der Waals surface area contributed by atoms with Crippen LogP contribution in [0.3, 0.4) is 0 Å². The second-order valence-corrected chi connectivity index (χ2v) is 28.5. The number of nitrogens with zero attached hydrogens (tertiary/aromatic N) is 7. The van der Waals surface area contributed by atoms with Crippen LogP contribution in [0.4, 0.5) is 10.9 Å². The lowest BCUT2D eigenvalue weighted by atomic mass is 9.40. The summed E-state index contributed by atoms with van der Waals surface area (Å²) in [5, 5.41) is 19.2. The fourth-order valence-corrected chi connectivity index (χ4v) is 17.4. The van der Waals surface area contributed by atoms with Gasteiger partial charge in [0.15, 0.2) is 10.8 Å². The Balaban J connectivity index is 0.605. The molecule has 502 valence electrons. The maximum Gasteiger partial charge on any atom is 0.355 e. The minimum atomic E-state index is -4.34. The molecule has 0 saturated heterocycles. The summed E-state index contributed by atoms with van der Waals surface area (Å²) in [5.74, 6) is -2.52. The molecule has 3 aromatic heterocycles. The van der Waals surface area contributed by atoms with Crippen LogP contribution >= 0.6 is 11.3 Å². The number of rotatable bonds is 38. The summed E-state index contributed by atoms with van der Waals surface area (Å²) in [7, 11) is -4.34. The molecule has 3 N–H and O–H groups in total. The Bertz CT molecular complexity index is 3640. The first-order chi connectivity index (χ1) is 44.7. The molecular formula is C66H84N8O17S2. The molecule has 93 heavy (non-hydrogen) atoms. The van der Waals surface area contributed by atoms with Crippen LogP contribution in [0.25, 0.3) is 21.3 Å². The fraction of sp³-hybridized carbons (Fsp3) is 0.576. The average molecular weight is 1330 g/mol. The summed E-state index contributed by atoms with van der Waals surface area (Å²) in [6.07, 6.45) is 10.8. The number of aromatic carboxylic acids is 1. The van der Waals surface area contributed by atoms with Gasteiger partial charge in [0.1, 0.15) is 5.82 Å². The number of amides is 4. The SMILES string of the molecule is Cc1c(-c2ccc(N3CCc4cccc(C(=O)Nc5nc6ccccc6s5)c4C3)nc2C(=O)O)cnn1CC12CC3(OCCOCCN(CCS(=O)(=O)O)C(=O)CCOCCOCCOCCOCCOCCOCCN4C(=O)C=CC4=O)CC4(C)CC(C)(C1)C4(C2)C3. The van der Waals surface area contributed by atoms with Crippen molar-refractivity contribution >= 4 is 72.2 Å². The largest absolute Gasteiger partial charge is 0.476 e. The maximum atomic E-state index is 13.8. The molecule has 4 aliphatic carbocycles. The van der Waals surface area contributed by atoms with Crippen LogP contribution in [-0.4, -0.2) is 214 Å². The number of benzene rings is 2. The molecule has 27 heteroatoms. The summed E-state index contributed by atoms with van der Waals surface area (Å²) in [6.45, 7) is 13.0. The highest BCUT2D eigenvalue weighted by Crippen LogP contribution is 2.89. The van der Waals surface area contributed by atoms with E-state index in [2.05, 4.69) is 24.1 Å². The van der Waals surface area contributed by atoms with Gasteiger partial charge in [-0.1, -0.05) is 49.4 Å². The fourth-order valence-electron chi connectivity index (χ4n) is 16.1. The summed E-state index contributed by atoms with van der Waals surface area (Å²) in [4.78, 5) is 77.2. The zero-order valence-electron chi connectivity index (χ0n) is 53.1. The number of carbonyl (C=O) groups is 5. The summed E-state index contributed by atoms with van der Waals surface area (Å²) in [6, 6.07) is 17.2. The van der Waals surface area contributed by atoms with Gasteiger partial charge in [0.2, 0.25) is 5.91 Å². The number of anilines is 2. The van der Waals surface area contributed by atoms with Crippen molar-refractivity contribution in [1.29, 1.82) is 0 Å². The molecular weight excluding hydrogens is 1240 g/mol. The highest BCUT2D eigenvalue weighted by molar-refractivity contribution is 7.85. The third-order valence-corrected chi connectivity index (χ3v) is 21.3. The van der Waals surface area contributed by atoms with Crippen molar-refractivity contribution in [3.8, 4) is 11.1 Å². The number of imide groups is 1. The number of hydrogen-bond acceptors (Lipinski definition) is 20. The molecule has 25 nitrogen and oxygen atoms in total. The normalized spacial score (nSPS) is 23.5. The average Bonchev–Trinajstić information content (AvgIpc) is 1.46. The molecule has 5 atom stereocenters. The second-order valence-electron chi connectivity index (χ2n) is 25.9. The van der Waals surface area contributed by atoms with Gasteiger partial charge in [0.05, 0.1) is 140 Å². The number of carbonyl (C=O) groups excluding carboxylic acids is 4. The van der Waals surface area contributed by atoms with Crippen molar-refractivity contribution in [2.45, 2.75) is 90.8 Å². The Labute approximate surface area is 545 Å². The predicted octanol–water partition coefficient (Wildman–Crippen LogP) is 6.66. The predicted molar refractivity (Wildman–Crippen MR) is 343 cm³/mol. The zero-order valence-corrected chi connectivity index (χ0v) is 54.7. The van der Waals surface area contributed by atoms with Crippen molar-refractivity contribution in [2.75, 3.05) is 141 Å². The number of carboxylic acids is 1. The zero-order chi connectivity index (χ0) is 65.4. The first-order valence-corrected chi connectivity index (χ1v) is 34.4. The number of carboxylic acid groups (broad SMARTS) is 1. The Morgan fingerprint density at radius 1 is 0.710 bits per heavy atom. The number of pyridine rings is 1. The monoisotopic (exact) mass is 1320 g/mol. The van der Waals surface area contributed by atoms with Crippen LogP contribution in [0.15, 0.2) is 72.9 Å². The van der Waals surface area contributed by atoms with Crippen LogP contribution in [-0.2, 0) is 81.9 Å². The van der Waals surface area contributed by atoms with Gasteiger partial charge in [0, 0.05) is 67.3 Å². The van der Waals surface area contributed by atoms with Gasteiger partial charge in [-0.05, 0) is 115 Å². The first-order valence-electron chi connectivity index (χ1n) is 31.9. The Hall–Kier alpha value is -6.63. The molecule has 4 fully saturated rings. The Kier molecular flexibility index (Phi) is 21.2. The van der Waals surface area contributed by atoms with E-state index in [1.165, 1.54) is 28.4 Å². The quantitative estimate of drug-likeness (QED) is 0.0211. The van der Waals surface area contributed by atoms with Crippen molar-refractivity contribution in [1.82, 2.24) is 29.5 Å². The van der Waals surface area contributed by atoms with Gasteiger partial charge in [-0.2, -0.15) is 13.5 Å². The number of thiazole rings is 1. The number of hydrogen-bond donors (Lipinski definition) is 3. The smallest absolute Gasteiger partial charge is 0.355 e. The molecule has 2 aromatic carbocycles. The summed E-state index contributed by atoms with van der Waals surface area (Å²) in [5.41, 5.74) is 5.11. The third-order valence-electron chi connectivity index (χ3n) is 19.7. The van der Waals surface area contributed by atoms with E-state index >= 15 is 0 Å². The van der Waals surface area contributed by atoms with E-state index in [1.807, 2.05) is 71.1 Å². The summed E-state index contributed by atoms with van der Waals surface area (Å²) < 4.78 is 82.1. The lowest BCUT2D eigenvalue weighted by molar-refractivity contribution is -0.159. The second kappa shape index (κ2) is 29.2. The summed E-state index contributed by atoms with van der Waals surface area (Å²) >= 11 is 1.42. The molecule has 1 spiro atoms. The molecule has 5 unspecified atom stereocenters. The van der Waals surface area contributed by atoms with Crippen molar-refractivity contribution < 1.29 is 79.9 Å². The van der Waals surface area contributed by atoms with Gasteiger partial charge in [0.25, 0.3) is 27.8 Å². The lowest BCUT2D eigenvalue weighted by Crippen LogP contribution is -2.57. The number of para-hydroxylation sites is 1. The van der Waals surface area contributed by atoms with Crippen LogP contribution in [0.5, 0.6) is 0 Å². The molecule has 5 heterocycles. The van der Waals surface area contributed by atoms with Gasteiger partial charge in [-0.3, -0.25) is 38.6 Å². The van der Waals surface area contributed by atoms with Gasteiger partial charge < -0.3 is 52.8 Å². The molecule has 4 amide bonds. The van der Waals surface area contributed by atoms with E-state index < -0.39 is 21.8 Å². The molecule has 0 radical (unpaired) electrons. The minimum absolute atomic E-state index is 0.00888. The van der Waals surface area contributed by atoms with Crippen molar-refractivity contribution in [2.24, 2.45) is 21.7 Å². The van der Waals surface area contributed by atoms with E-state index in [9.17, 15) is 42.0 Å². The van der Waals surface area contributed by atoms with E-state index in [-0.39, 0.29) is 122 Å². The Morgan fingerprint density at radius 3 is 2.05 bits per heavy atom. The molecule has 11 rings (SSSR count). The molecule has 3 bridgehead atoms. The van der Waals surface area contributed by atoms with Gasteiger partial charge in [-0.25, -0.2) is 14.8 Å². The highest BCUT2D eigenvalue weighted by Gasteiger charge is 2.84. The Morgan fingerprint density at radius 2 is 1.37 bits per heavy atom. The van der Waals surface area contributed by atoms with Gasteiger partial charge in [-0.15, -0.1) is 0 Å². The number of ether oxygens (including phenoxy) is 8. The molecule has 6 aliphatic rings. The van der Waals surface area contributed by atoms with Crippen molar-refractivity contribution in [3.05, 3.63) is 101 Å². The lowest BCUT2D eigenvalue weighted by Gasteiger charge is -2.64. The number of aromatic nitrogens is 4. The topological polar surface area (TPSA) is 299 Å². The van der Waals surface area contributed by atoms with Crippen LogP contribution in [0.1, 0.15) is 96.5 Å². The minimum Gasteiger partial charge on any atom is -0.476 e. The first kappa shape index (κ1) is 67.8. The van der Waals surface area contributed by atoms with Crippen LogP contribution < -0.4 is 10.2 Å². The van der Waals surface area contributed by atoms with E-state index in [0.717, 1.165) is 70.5 Å². The van der Waals surface area contributed by atoms with E-state index in [1.54, 1.807) is 6.20 Å². The number of fused-ring (bicyclic) bond motifs is 4. The van der Waals surface area contributed by atoms with E-state index in [4.69, 9.17) is 48.0 Å². The van der Waals surface area contributed by atoms with Gasteiger partial charge >= 0.3 is 5.97 Å². The number of nitrogens with one attached hydrogen (secondary N) is 1. The van der Waals surface area contributed by atoms with Crippen LogP contribution in [0.2, 0.25) is 0 Å². The molecule has 2 aliphatic heterocycles. The van der Waals surface area contributed by atoms with Crippen LogP contribution in [0, 0.1) is 28.6 Å². The van der Waals surface area contributed by atoms with E-state index in [0.29, 0.717) is 113 Å². The standard InChI is InChI=1S/C66H84N8O17S2/c1-46-50(48-11-12-54(69-58(48)60(79)80)72-17-15-47-7-6-8-49(51(47)38-72)59(78)70-61-68-52-9-4-5-10-53(52)92-61)37-67-74(46)45-64-40-62(2)39-63(3)41-65(42-64,44-66(62,63)43-64)91-35-34-85-22-18-71(20-36-93(81,82)83)55(75)16-21-84-24-26-87-28-30-89-32-33-90-31-29-88-27-25-86-23-19-73-56(76)13-14-57(73)77/h4-14,37H,15-36,38-45H2,1-3H3,(H,79,80)(H,68,70,78)(H,81,82,83). The maximum absolute atomic E-state index is 13.8. The highest BCUT2D eigenvalue weighted by atomic mass is 32.2. The van der Waals surface area contributed by atoms with Crippen molar-refractivity contribution in [3.63, 3.8) is 0 Å². The third kappa shape index (κ3) is 15.4.